The molecule has 0 unspecified atom stereocenters. The fourth-order valence-electron chi connectivity index (χ4n) is 4.22. The first-order chi connectivity index (χ1) is 17.0. The van der Waals surface area contributed by atoms with Crippen molar-refractivity contribution in [3.8, 4) is 17.2 Å². The van der Waals surface area contributed by atoms with E-state index in [4.69, 9.17) is 15.2 Å². The lowest BCUT2D eigenvalue weighted by molar-refractivity contribution is -0.117. The first kappa shape index (κ1) is 25.1. The highest BCUT2D eigenvalue weighted by Crippen LogP contribution is 2.34. The third-order valence-corrected chi connectivity index (χ3v) is 6.20. The van der Waals surface area contributed by atoms with Gasteiger partial charge in [0.25, 0.3) is 5.91 Å². The molecule has 0 saturated heterocycles. The molecule has 7 nitrogen and oxygen atoms in total. The molecule has 2 aromatic carbocycles. The molecule has 36 heavy (non-hydrogen) atoms. The van der Waals surface area contributed by atoms with Gasteiger partial charge in [-0.05, 0) is 54.0 Å². The summed E-state index contributed by atoms with van der Waals surface area (Å²) in [5.41, 5.74) is 10.4. The summed E-state index contributed by atoms with van der Waals surface area (Å²) in [6, 6.07) is 10.7. The lowest BCUT2D eigenvalue weighted by atomic mass is 9.89. The van der Waals surface area contributed by atoms with Crippen LogP contribution in [-0.2, 0) is 11.2 Å². The summed E-state index contributed by atoms with van der Waals surface area (Å²) >= 11 is 0. The number of benzene rings is 2. The highest BCUT2D eigenvalue weighted by molar-refractivity contribution is 6.02. The summed E-state index contributed by atoms with van der Waals surface area (Å²) in [5, 5.41) is 0.644. The Hall–Kier alpha value is -4.00. The zero-order chi connectivity index (χ0) is 26.0. The molecular formula is C29H31N3O4. The average molecular weight is 486 g/mol. The monoisotopic (exact) mass is 485 g/mol. The molecule has 7 heteroatoms. The Balaban J connectivity index is 1.49. The van der Waals surface area contributed by atoms with Gasteiger partial charge in [0.2, 0.25) is 0 Å². The number of hydrogen-bond donors (Lipinski definition) is 1. The number of fused-ring (bicyclic) bond motifs is 1. The van der Waals surface area contributed by atoms with Crippen molar-refractivity contribution in [2.45, 2.75) is 40.5 Å². The number of ketones is 1. The largest absolute Gasteiger partial charge is 0.496 e. The first-order valence-electron chi connectivity index (χ1n) is 11.8. The Morgan fingerprint density at radius 2 is 1.83 bits per heavy atom. The third kappa shape index (κ3) is 5.46. The molecule has 0 fully saturated rings. The third-order valence-electron chi connectivity index (χ3n) is 6.20. The molecule has 186 valence electrons. The van der Waals surface area contributed by atoms with Gasteiger partial charge in [-0.15, -0.1) is 0 Å². The number of rotatable bonds is 8. The zero-order valence-electron chi connectivity index (χ0n) is 21.3. The minimum atomic E-state index is -0.594. The number of carbonyl (C=O) groups is 2. The molecule has 0 spiro atoms. The topological polar surface area (TPSA) is 104 Å². The van der Waals surface area contributed by atoms with E-state index in [2.05, 4.69) is 36.8 Å². The van der Waals surface area contributed by atoms with Crippen LogP contribution < -0.4 is 15.2 Å². The van der Waals surface area contributed by atoms with E-state index in [0.717, 1.165) is 22.4 Å². The zero-order valence-corrected chi connectivity index (χ0v) is 21.3. The van der Waals surface area contributed by atoms with Crippen molar-refractivity contribution in [2.75, 3.05) is 13.7 Å². The van der Waals surface area contributed by atoms with Gasteiger partial charge in [-0.2, -0.15) is 0 Å². The highest BCUT2D eigenvalue weighted by atomic mass is 16.5. The molecule has 1 aliphatic rings. The quantitative estimate of drug-likeness (QED) is 0.462. The molecule has 1 aromatic heterocycles. The summed E-state index contributed by atoms with van der Waals surface area (Å²) in [6.45, 7) is 8.95. The number of aryl methyl sites for hydroxylation is 1. The van der Waals surface area contributed by atoms with Crippen molar-refractivity contribution < 1.29 is 19.1 Å². The van der Waals surface area contributed by atoms with Gasteiger partial charge in [0.15, 0.2) is 0 Å². The lowest BCUT2D eigenvalue weighted by Crippen LogP contribution is -2.16. The maximum atomic E-state index is 12.8. The summed E-state index contributed by atoms with van der Waals surface area (Å²) in [4.78, 5) is 33.6. The van der Waals surface area contributed by atoms with Gasteiger partial charge >= 0.3 is 0 Å². The van der Waals surface area contributed by atoms with Crippen LogP contribution in [0.3, 0.4) is 0 Å². The number of methoxy groups -OCH3 is 1. The number of primary amides is 1. The van der Waals surface area contributed by atoms with Crippen molar-refractivity contribution in [3.05, 3.63) is 70.9 Å². The van der Waals surface area contributed by atoms with E-state index in [1.807, 2.05) is 25.1 Å². The smallest absolute Gasteiger partial charge is 0.252 e. The molecule has 3 aromatic rings. The van der Waals surface area contributed by atoms with Gasteiger partial charge in [-0.25, -0.2) is 0 Å². The van der Waals surface area contributed by atoms with Gasteiger partial charge in [0.05, 0.1) is 24.7 Å². The van der Waals surface area contributed by atoms with E-state index in [0.29, 0.717) is 47.5 Å². The van der Waals surface area contributed by atoms with Gasteiger partial charge in [-0.3, -0.25) is 19.6 Å². The second kappa shape index (κ2) is 9.93. The van der Waals surface area contributed by atoms with E-state index in [9.17, 15) is 9.59 Å². The molecule has 1 amide bonds. The number of allylic oxidation sites excluding steroid dienone is 1. The van der Waals surface area contributed by atoms with Gasteiger partial charge in [-0.1, -0.05) is 26.8 Å². The van der Waals surface area contributed by atoms with Crippen LogP contribution in [0.4, 0.5) is 0 Å². The number of nitrogens with zero attached hydrogens (tertiary/aromatic N) is 2. The predicted molar refractivity (Wildman–Crippen MR) is 141 cm³/mol. The number of Topliss-reactive ketones (excluding diaryl/α,β-unsaturated/α-hetero) is 1. The molecule has 2 heterocycles. The Morgan fingerprint density at radius 1 is 1.06 bits per heavy atom. The van der Waals surface area contributed by atoms with E-state index in [-0.39, 0.29) is 16.8 Å². The van der Waals surface area contributed by atoms with Crippen molar-refractivity contribution in [1.29, 1.82) is 0 Å². The van der Waals surface area contributed by atoms with Crippen molar-refractivity contribution in [1.82, 2.24) is 4.98 Å². The number of aliphatic imine (C=N–C) groups is 1. The predicted octanol–water partition coefficient (Wildman–Crippen LogP) is 5.37. The minimum Gasteiger partial charge on any atom is -0.496 e. The van der Waals surface area contributed by atoms with Crippen LogP contribution >= 0.6 is 0 Å². The molecule has 0 atom stereocenters. The molecule has 0 saturated carbocycles. The van der Waals surface area contributed by atoms with E-state index >= 15 is 0 Å². The molecular weight excluding hydrogens is 454 g/mol. The van der Waals surface area contributed by atoms with E-state index in [1.165, 1.54) is 7.11 Å². The number of hydrogen-bond acceptors (Lipinski definition) is 6. The molecule has 0 aliphatic carbocycles. The fourth-order valence-corrected chi connectivity index (χ4v) is 4.22. The minimum absolute atomic E-state index is 0.00909. The summed E-state index contributed by atoms with van der Waals surface area (Å²) in [7, 11) is 1.48. The molecule has 2 N–H and O–H groups in total. The van der Waals surface area contributed by atoms with Gasteiger partial charge in [0, 0.05) is 41.6 Å². The maximum absolute atomic E-state index is 12.8. The van der Waals surface area contributed by atoms with E-state index in [1.54, 1.807) is 24.4 Å². The molecule has 0 bridgehead atoms. The lowest BCUT2D eigenvalue weighted by Gasteiger charge is -2.16. The fraction of sp³-hybridized carbons (Fsp3) is 0.310. The summed E-state index contributed by atoms with van der Waals surface area (Å²) in [5.74, 6) is 1.09. The summed E-state index contributed by atoms with van der Waals surface area (Å²) < 4.78 is 11.4. The first-order valence-corrected chi connectivity index (χ1v) is 11.8. The van der Waals surface area contributed by atoms with Crippen molar-refractivity contribution in [2.24, 2.45) is 16.1 Å². The second-order valence-electron chi connectivity index (χ2n) is 10.1. The maximum Gasteiger partial charge on any atom is 0.252 e. The highest BCUT2D eigenvalue weighted by Gasteiger charge is 2.22. The normalized spacial score (nSPS) is 13.4. The number of aromatic nitrogens is 1. The van der Waals surface area contributed by atoms with Crippen LogP contribution in [-0.4, -0.2) is 36.0 Å². The SMILES string of the molecule is COc1cc2nccc(Oc3ccc(CC(=O)CC4=CC(C(C)(C)C)=NC4)c(C)c3)c2cc1C(N)=O. The number of amides is 1. The van der Waals surface area contributed by atoms with Crippen LogP contribution in [0.1, 0.15) is 48.7 Å². The Bertz CT molecular complexity index is 1410. The second-order valence-corrected chi connectivity index (χ2v) is 10.1. The number of pyridine rings is 1. The van der Waals surface area contributed by atoms with Crippen LogP contribution in [0.25, 0.3) is 10.9 Å². The van der Waals surface area contributed by atoms with Crippen LogP contribution in [0, 0.1) is 12.3 Å². The number of carbonyl (C=O) groups excluding carboxylic acids is 2. The van der Waals surface area contributed by atoms with Crippen molar-refractivity contribution >= 4 is 28.3 Å². The van der Waals surface area contributed by atoms with Crippen molar-refractivity contribution in [3.63, 3.8) is 0 Å². The van der Waals surface area contributed by atoms with Gasteiger partial charge in [0.1, 0.15) is 23.0 Å². The van der Waals surface area contributed by atoms with Crippen LogP contribution in [0.2, 0.25) is 0 Å². The average Bonchev–Trinajstić information content (AvgIpc) is 3.29. The summed E-state index contributed by atoms with van der Waals surface area (Å²) in [6.07, 6.45) is 4.47. The number of nitrogens with two attached hydrogens (primary N) is 1. The Labute approximate surface area is 211 Å². The Morgan fingerprint density at radius 3 is 2.47 bits per heavy atom. The standard InChI is InChI=1S/C29H31N3O4/c1-17-10-21(7-6-19(17)13-20(33)11-18-12-27(32-16-18)29(2,3)4)36-25-8-9-31-24-15-26(35-5)23(28(30)34)14-22(24)25/h6-10,12,14-15H,11,13,16H2,1-5H3,(H2,30,34). The Kier molecular flexibility index (Phi) is 6.93. The van der Waals surface area contributed by atoms with E-state index < -0.39 is 5.91 Å². The molecule has 0 radical (unpaired) electrons. The number of ether oxygens (including phenoxy) is 2. The van der Waals surface area contributed by atoms with Gasteiger partial charge < -0.3 is 15.2 Å². The molecule has 1 aliphatic heterocycles. The molecule has 4 rings (SSSR count). The van der Waals surface area contributed by atoms with Crippen LogP contribution in [0.15, 0.2) is 59.2 Å². The van der Waals surface area contributed by atoms with Crippen LogP contribution in [0.5, 0.6) is 17.2 Å².